The van der Waals surface area contributed by atoms with Crippen LogP contribution in [0.15, 0.2) is 30.5 Å². The van der Waals surface area contributed by atoms with Crippen LogP contribution >= 0.6 is 0 Å². The Kier molecular flexibility index (Phi) is 10.7. The summed E-state index contributed by atoms with van der Waals surface area (Å²) in [7, 11) is 0. The molecule has 0 spiro atoms. The molecule has 1 aromatic carbocycles. The number of carboxylic acids is 2. The Morgan fingerprint density at radius 3 is 2.11 bits per heavy atom. The summed E-state index contributed by atoms with van der Waals surface area (Å²) >= 11 is 0. The molecule has 2 rings (SSSR count). The first-order valence-electron chi connectivity index (χ1n) is 11.5. The predicted molar refractivity (Wildman–Crippen MR) is 131 cm³/mol. The van der Waals surface area contributed by atoms with E-state index in [4.69, 9.17) is 16.6 Å². The second-order valence-electron chi connectivity index (χ2n) is 8.48. The number of carboxylic acid groups (broad SMARTS) is 2. The van der Waals surface area contributed by atoms with Crippen LogP contribution in [0, 0.1) is 0 Å². The van der Waals surface area contributed by atoms with Crippen LogP contribution in [0.25, 0.3) is 10.9 Å². The van der Waals surface area contributed by atoms with Gasteiger partial charge in [0.25, 0.3) is 0 Å². The van der Waals surface area contributed by atoms with Gasteiger partial charge < -0.3 is 47.7 Å². The number of amides is 4. The van der Waals surface area contributed by atoms with Crippen LogP contribution in [0.5, 0.6) is 0 Å². The van der Waals surface area contributed by atoms with Gasteiger partial charge in [-0.15, -0.1) is 0 Å². The molecule has 1 heterocycles. The molecular formula is C23H30N6O9. The molecule has 0 aliphatic rings. The lowest BCUT2D eigenvalue weighted by Crippen LogP contribution is -2.58. The van der Waals surface area contributed by atoms with E-state index in [0.29, 0.717) is 5.56 Å². The summed E-state index contributed by atoms with van der Waals surface area (Å²) in [5, 5.41) is 35.6. The monoisotopic (exact) mass is 534 g/mol. The van der Waals surface area contributed by atoms with Crippen molar-refractivity contribution in [2.24, 2.45) is 11.5 Å². The van der Waals surface area contributed by atoms with E-state index in [-0.39, 0.29) is 6.42 Å². The number of nitrogens with one attached hydrogen (secondary N) is 4. The van der Waals surface area contributed by atoms with Crippen LogP contribution in [0.1, 0.15) is 24.8 Å². The quantitative estimate of drug-likeness (QED) is 0.114. The smallest absolute Gasteiger partial charge is 0.326 e. The summed E-state index contributed by atoms with van der Waals surface area (Å²) in [5.41, 5.74) is 11.9. The molecule has 4 unspecified atom stereocenters. The maximum Gasteiger partial charge on any atom is 0.326 e. The number of aliphatic carboxylic acids is 2. The van der Waals surface area contributed by atoms with Crippen molar-refractivity contribution < 1.29 is 44.1 Å². The number of primary amides is 1. The Morgan fingerprint density at radius 1 is 0.895 bits per heavy atom. The number of rotatable bonds is 15. The average molecular weight is 535 g/mol. The van der Waals surface area contributed by atoms with Gasteiger partial charge >= 0.3 is 11.9 Å². The fourth-order valence-corrected chi connectivity index (χ4v) is 3.58. The van der Waals surface area contributed by atoms with Crippen molar-refractivity contribution in [2.75, 3.05) is 6.61 Å². The van der Waals surface area contributed by atoms with Crippen molar-refractivity contribution in [2.45, 2.75) is 49.9 Å². The van der Waals surface area contributed by atoms with E-state index < -0.39 is 85.6 Å². The minimum Gasteiger partial charge on any atom is -0.481 e. The Bertz CT molecular complexity index is 1200. The fourth-order valence-electron chi connectivity index (χ4n) is 3.58. The molecule has 0 saturated heterocycles. The van der Waals surface area contributed by atoms with Crippen molar-refractivity contribution in [3.8, 4) is 0 Å². The van der Waals surface area contributed by atoms with Gasteiger partial charge in [0.1, 0.15) is 18.1 Å². The number of aliphatic hydroxyl groups is 1. The number of H-pyrrole nitrogens is 1. The Balaban J connectivity index is 2.14. The molecule has 0 saturated carbocycles. The molecule has 15 nitrogen and oxygen atoms in total. The molecule has 11 N–H and O–H groups in total. The molecule has 0 radical (unpaired) electrons. The molecule has 1 aromatic heterocycles. The number of carbonyl (C=O) groups is 6. The summed E-state index contributed by atoms with van der Waals surface area (Å²) < 4.78 is 0. The minimum atomic E-state index is -1.61. The molecule has 4 atom stereocenters. The van der Waals surface area contributed by atoms with E-state index in [1.54, 1.807) is 30.5 Å². The molecule has 206 valence electrons. The molecule has 15 heteroatoms. The zero-order valence-electron chi connectivity index (χ0n) is 20.2. The number of aliphatic hydroxyl groups excluding tert-OH is 1. The molecule has 38 heavy (non-hydrogen) atoms. The van der Waals surface area contributed by atoms with Crippen molar-refractivity contribution in [3.05, 3.63) is 36.0 Å². The lowest BCUT2D eigenvalue weighted by atomic mass is 10.0. The number of aromatic amines is 1. The van der Waals surface area contributed by atoms with Crippen molar-refractivity contribution in [1.82, 2.24) is 20.9 Å². The van der Waals surface area contributed by atoms with Gasteiger partial charge in [-0.1, -0.05) is 18.2 Å². The summed E-state index contributed by atoms with van der Waals surface area (Å²) in [6.45, 7) is -0.924. The number of fused-ring (bicyclic) bond motifs is 1. The Hall–Kier alpha value is -4.50. The zero-order valence-corrected chi connectivity index (χ0v) is 20.2. The van der Waals surface area contributed by atoms with E-state index in [9.17, 15) is 39.0 Å². The van der Waals surface area contributed by atoms with E-state index in [2.05, 4.69) is 20.9 Å². The fraction of sp³-hybridized carbons (Fsp3) is 0.391. The highest BCUT2D eigenvalue weighted by Gasteiger charge is 2.31. The van der Waals surface area contributed by atoms with Crippen LogP contribution in [0.2, 0.25) is 0 Å². The van der Waals surface area contributed by atoms with Gasteiger partial charge in [-0.3, -0.25) is 24.0 Å². The molecule has 0 aliphatic carbocycles. The standard InChI is InChI=1S/C23H30N6O9/c24-13(8-18(25)31)20(34)29-17(10-30)22(36)27-15(5-6-19(32)33)21(35)28-16(23(37)38)7-11-9-26-14-4-2-1-3-12(11)14/h1-4,9,13,15-17,26,30H,5-8,10,24H2,(H2,25,31)(H,27,36)(H,28,35)(H,29,34)(H,32,33)(H,37,38). The third-order valence-corrected chi connectivity index (χ3v) is 5.57. The van der Waals surface area contributed by atoms with Gasteiger partial charge in [-0.25, -0.2) is 4.79 Å². The number of carbonyl (C=O) groups excluding carboxylic acids is 4. The second-order valence-corrected chi connectivity index (χ2v) is 8.48. The number of hydrogen-bond acceptors (Lipinski definition) is 8. The van der Waals surface area contributed by atoms with Crippen LogP contribution < -0.4 is 27.4 Å². The summed E-state index contributed by atoms with van der Waals surface area (Å²) in [6, 6.07) is 1.17. The van der Waals surface area contributed by atoms with Gasteiger partial charge in [0.05, 0.1) is 19.1 Å². The van der Waals surface area contributed by atoms with Crippen LogP contribution in [-0.2, 0) is 35.2 Å². The van der Waals surface area contributed by atoms with Gasteiger partial charge in [0.2, 0.25) is 23.6 Å². The van der Waals surface area contributed by atoms with Crippen molar-refractivity contribution >= 4 is 46.5 Å². The predicted octanol–water partition coefficient (Wildman–Crippen LogP) is -2.69. The van der Waals surface area contributed by atoms with E-state index in [1.165, 1.54) is 0 Å². The molecular weight excluding hydrogens is 504 g/mol. The maximum atomic E-state index is 12.9. The summed E-state index contributed by atoms with van der Waals surface area (Å²) in [5.74, 6) is -6.55. The Labute approximate surface area is 215 Å². The minimum absolute atomic E-state index is 0.113. The van der Waals surface area contributed by atoms with Gasteiger partial charge in [-0.05, 0) is 18.1 Å². The van der Waals surface area contributed by atoms with E-state index in [0.717, 1.165) is 10.9 Å². The molecule has 0 bridgehead atoms. The highest BCUT2D eigenvalue weighted by molar-refractivity contribution is 5.95. The number of nitrogens with two attached hydrogens (primary N) is 2. The second kappa shape index (κ2) is 13.7. The molecule has 0 fully saturated rings. The number of hydrogen-bond donors (Lipinski definition) is 9. The third-order valence-electron chi connectivity index (χ3n) is 5.57. The molecule has 0 aliphatic heterocycles. The first kappa shape index (κ1) is 29.7. The maximum absolute atomic E-state index is 12.9. The lowest BCUT2D eigenvalue weighted by Gasteiger charge is -2.24. The number of aromatic nitrogens is 1. The van der Waals surface area contributed by atoms with Gasteiger partial charge in [0, 0.05) is 29.9 Å². The van der Waals surface area contributed by atoms with E-state index >= 15 is 0 Å². The van der Waals surface area contributed by atoms with Crippen molar-refractivity contribution in [1.29, 1.82) is 0 Å². The number of para-hydroxylation sites is 1. The SMILES string of the molecule is NC(=O)CC(N)C(=O)NC(CO)C(=O)NC(CCC(=O)O)C(=O)NC(Cc1c[nH]c2ccccc12)C(=O)O. The summed E-state index contributed by atoms with van der Waals surface area (Å²) in [4.78, 5) is 74.6. The zero-order chi connectivity index (χ0) is 28.4. The largest absolute Gasteiger partial charge is 0.481 e. The van der Waals surface area contributed by atoms with Crippen LogP contribution in [0.3, 0.4) is 0 Å². The molecule has 4 amide bonds. The van der Waals surface area contributed by atoms with Crippen LogP contribution in [-0.4, -0.2) is 86.6 Å². The highest BCUT2D eigenvalue weighted by atomic mass is 16.4. The Morgan fingerprint density at radius 2 is 1.50 bits per heavy atom. The van der Waals surface area contributed by atoms with Crippen molar-refractivity contribution in [3.63, 3.8) is 0 Å². The highest BCUT2D eigenvalue weighted by Crippen LogP contribution is 2.19. The number of benzene rings is 1. The molecule has 2 aromatic rings. The first-order chi connectivity index (χ1) is 17.9. The normalized spacial score (nSPS) is 14.1. The lowest BCUT2D eigenvalue weighted by molar-refractivity contribution is -0.143. The third kappa shape index (κ3) is 8.56. The topological polar surface area (TPSA) is 267 Å². The van der Waals surface area contributed by atoms with Gasteiger partial charge in [0.15, 0.2) is 0 Å². The summed E-state index contributed by atoms with van der Waals surface area (Å²) in [6.07, 6.45) is -0.00821. The van der Waals surface area contributed by atoms with Crippen LogP contribution in [0.4, 0.5) is 0 Å². The average Bonchev–Trinajstić information content (AvgIpc) is 3.26. The first-order valence-corrected chi connectivity index (χ1v) is 11.5. The van der Waals surface area contributed by atoms with Gasteiger partial charge in [-0.2, -0.15) is 0 Å². The van der Waals surface area contributed by atoms with E-state index in [1.807, 2.05) is 0 Å².